The molecule has 1 amide bonds. The van der Waals surface area contributed by atoms with E-state index in [2.05, 4.69) is 31.3 Å². The number of anilines is 1. The highest BCUT2D eigenvalue weighted by molar-refractivity contribution is 8.00. The van der Waals surface area contributed by atoms with Crippen LogP contribution in [0.1, 0.15) is 25.3 Å². The van der Waals surface area contributed by atoms with Gasteiger partial charge >= 0.3 is 0 Å². The van der Waals surface area contributed by atoms with E-state index in [0.717, 1.165) is 4.90 Å². The monoisotopic (exact) mass is 377 g/mol. The highest BCUT2D eigenvalue weighted by Gasteiger charge is 2.16. The van der Waals surface area contributed by atoms with E-state index in [1.54, 1.807) is 12.1 Å². The van der Waals surface area contributed by atoms with Crippen molar-refractivity contribution in [1.82, 2.24) is 0 Å². The lowest BCUT2D eigenvalue weighted by Gasteiger charge is -2.20. The predicted molar refractivity (Wildman–Crippen MR) is 102 cm³/mol. The molecule has 0 radical (unpaired) electrons. The predicted octanol–water partition coefficient (Wildman–Crippen LogP) is 4.97. The van der Waals surface area contributed by atoms with Crippen LogP contribution in [0.5, 0.6) is 11.5 Å². The normalized spacial score (nSPS) is 13.0. The number of nitrogens with one attached hydrogen (secondary N) is 1. The van der Waals surface area contributed by atoms with Crippen LogP contribution in [0, 0.1) is 0 Å². The van der Waals surface area contributed by atoms with Gasteiger partial charge < -0.3 is 14.8 Å². The molecule has 0 atom stereocenters. The molecule has 1 N–H and O–H groups in total. The van der Waals surface area contributed by atoms with Gasteiger partial charge in [-0.05, 0) is 23.6 Å². The van der Waals surface area contributed by atoms with Crippen LogP contribution < -0.4 is 14.8 Å². The van der Waals surface area contributed by atoms with Crippen LogP contribution in [0.3, 0.4) is 0 Å². The van der Waals surface area contributed by atoms with Crippen molar-refractivity contribution in [3.8, 4) is 11.5 Å². The van der Waals surface area contributed by atoms with Crippen molar-refractivity contribution in [2.75, 3.05) is 24.3 Å². The molecule has 0 saturated carbocycles. The summed E-state index contributed by atoms with van der Waals surface area (Å²) >= 11 is 7.70. The zero-order valence-corrected chi connectivity index (χ0v) is 15.7. The Morgan fingerprint density at radius 1 is 1.16 bits per heavy atom. The van der Waals surface area contributed by atoms with Crippen LogP contribution in [0.15, 0.2) is 41.3 Å². The molecule has 0 aromatic heterocycles. The SMILES string of the molecule is CC(C)c1ccc(SCC(=O)Nc2cc3c(cc2Cl)OCCO3)cc1. The van der Waals surface area contributed by atoms with Crippen LogP contribution in [0.2, 0.25) is 5.02 Å². The maximum Gasteiger partial charge on any atom is 0.234 e. The molecule has 132 valence electrons. The number of carbonyl (C=O) groups is 1. The summed E-state index contributed by atoms with van der Waals surface area (Å²) in [7, 11) is 0. The van der Waals surface area contributed by atoms with E-state index in [4.69, 9.17) is 21.1 Å². The lowest BCUT2D eigenvalue weighted by molar-refractivity contribution is -0.113. The van der Waals surface area contributed by atoms with E-state index in [1.165, 1.54) is 17.3 Å². The van der Waals surface area contributed by atoms with E-state index < -0.39 is 0 Å². The topological polar surface area (TPSA) is 47.6 Å². The lowest BCUT2D eigenvalue weighted by Crippen LogP contribution is -2.17. The van der Waals surface area contributed by atoms with E-state index in [9.17, 15) is 4.79 Å². The Hall–Kier alpha value is -1.85. The summed E-state index contributed by atoms with van der Waals surface area (Å²) in [5, 5.41) is 3.27. The molecule has 0 unspecified atom stereocenters. The molecule has 2 aromatic carbocycles. The van der Waals surface area contributed by atoms with Gasteiger partial charge in [-0.25, -0.2) is 0 Å². The Bertz CT molecular complexity index is 762. The summed E-state index contributed by atoms with van der Waals surface area (Å²) in [5.74, 6) is 1.90. The number of thioether (sulfide) groups is 1. The largest absolute Gasteiger partial charge is 0.486 e. The molecule has 0 bridgehead atoms. The molecule has 0 saturated heterocycles. The van der Waals surface area contributed by atoms with Crippen molar-refractivity contribution in [3.05, 3.63) is 47.0 Å². The highest BCUT2D eigenvalue weighted by Crippen LogP contribution is 2.38. The summed E-state index contributed by atoms with van der Waals surface area (Å²) in [6.07, 6.45) is 0. The zero-order chi connectivity index (χ0) is 17.8. The van der Waals surface area contributed by atoms with Gasteiger partial charge in [0.25, 0.3) is 0 Å². The Kier molecular flexibility index (Phi) is 5.76. The van der Waals surface area contributed by atoms with Crippen molar-refractivity contribution >= 4 is 35.0 Å². The smallest absolute Gasteiger partial charge is 0.234 e. The molecule has 6 heteroatoms. The van der Waals surface area contributed by atoms with E-state index >= 15 is 0 Å². The fraction of sp³-hybridized carbons (Fsp3) is 0.316. The third kappa shape index (κ3) is 4.61. The van der Waals surface area contributed by atoms with Crippen molar-refractivity contribution < 1.29 is 14.3 Å². The zero-order valence-electron chi connectivity index (χ0n) is 14.2. The van der Waals surface area contributed by atoms with Crippen molar-refractivity contribution in [3.63, 3.8) is 0 Å². The number of fused-ring (bicyclic) bond motifs is 1. The summed E-state index contributed by atoms with van der Waals surface area (Å²) < 4.78 is 11.0. The van der Waals surface area contributed by atoms with E-state index in [1.807, 2.05) is 12.1 Å². The summed E-state index contributed by atoms with van der Waals surface area (Å²) in [5.41, 5.74) is 1.82. The summed E-state index contributed by atoms with van der Waals surface area (Å²) in [6, 6.07) is 11.7. The van der Waals surface area contributed by atoms with Gasteiger partial charge in [-0.1, -0.05) is 37.6 Å². The van der Waals surface area contributed by atoms with Gasteiger partial charge in [0.05, 0.1) is 16.5 Å². The fourth-order valence-electron chi connectivity index (χ4n) is 2.44. The summed E-state index contributed by atoms with van der Waals surface area (Å²) in [6.45, 7) is 5.31. The van der Waals surface area contributed by atoms with Crippen LogP contribution in [-0.4, -0.2) is 24.9 Å². The minimum absolute atomic E-state index is 0.114. The molecule has 1 aliphatic heterocycles. The molecule has 0 aliphatic carbocycles. The second kappa shape index (κ2) is 8.02. The van der Waals surface area contributed by atoms with Crippen LogP contribution in [0.4, 0.5) is 5.69 Å². The van der Waals surface area contributed by atoms with Gasteiger partial charge in [-0.3, -0.25) is 4.79 Å². The molecule has 1 heterocycles. The molecule has 0 spiro atoms. The molecule has 4 nitrogen and oxygen atoms in total. The first-order valence-corrected chi connectivity index (χ1v) is 9.51. The van der Waals surface area contributed by atoms with E-state index in [0.29, 0.717) is 47.1 Å². The van der Waals surface area contributed by atoms with Crippen LogP contribution in [0.25, 0.3) is 0 Å². The molecule has 2 aromatic rings. The third-order valence-corrected chi connectivity index (χ3v) is 5.15. The second-order valence-electron chi connectivity index (χ2n) is 6.04. The third-order valence-electron chi connectivity index (χ3n) is 3.82. The average Bonchev–Trinajstić information content (AvgIpc) is 2.61. The number of halogens is 1. The first-order chi connectivity index (χ1) is 12.0. The number of benzene rings is 2. The fourth-order valence-corrected chi connectivity index (χ4v) is 3.34. The maximum absolute atomic E-state index is 12.2. The molecule has 1 aliphatic rings. The Balaban J connectivity index is 1.59. The van der Waals surface area contributed by atoms with Gasteiger partial charge in [0.1, 0.15) is 13.2 Å². The Morgan fingerprint density at radius 3 is 2.44 bits per heavy atom. The van der Waals surface area contributed by atoms with Gasteiger partial charge in [0.15, 0.2) is 11.5 Å². The lowest BCUT2D eigenvalue weighted by atomic mass is 10.0. The first-order valence-electron chi connectivity index (χ1n) is 8.14. The molecular formula is C19H20ClNO3S. The average molecular weight is 378 g/mol. The molecule has 25 heavy (non-hydrogen) atoms. The maximum atomic E-state index is 12.2. The number of hydrogen-bond donors (Lipinski definition) is 1. The van der Waals surface area contributed by atoms with Gasteiger partial charge in [-0.2, -0.15) is 0 Å². The molecular weight excluding hydrogens is 358 g/mol. The number of ether oxygens (including phenoxy) is 2. The quantitative estimate of drug-likeness (QED) is 0.747. The van der Waals surface area contributed by atoms with Crippen molar-refractivity contribution in [1.29, 1.82) is 0 Å². The summed E-state index contributed by atoms with van der Waals surface area (Å²) in [4.78, 5) is 13.3. The number of rotatable bonds is 5. The molecule has 3 rings (SSSR count). The van der Waals surface area contributed by atoms with Crippen LogP contribution >= 0.6 is 23.4 Å². The van der Waals surface area contributed by atoms with Crippen molar-refractivity contribution in [2.24, 2.45) is 0 Å². The number of hydrogen-bond acceptors (Lipinski definition) is 4. The second-order valence-corrected chi connectivity index (χ2v) is 7.49. The van der Waals surface area contributed by atoms with Crippen molar-refractivity contribution in [2.45, 2.75) is 24.7 Å². The minimum atomic E-state index is -0.114. The first kappa shape index (κ1) is 18.0. The van der Waals surface area contributed by atoms with E-state index in [-0.39, 0.29) is 5.91 Å². The number of amides is 1. The standard InChI is InChI=1S/C19H20ClNO3S/c1-12(2)13-3-5-14(6-4-13)25-11-19(22)21-16-10-18-17(9-15(16)20)23-7-8-24-18/h3-6,9-10,12H,7-8,11H2,1-2H3,(H,21,22). The Labute approximate surface area is 156 Å². The number of carbonyl (C=O) groups excluding carboxylic acids is 1. The van der Waals surface area contributed by atoms with Gasteiger partial charge in [-0.15, -0.1) is 11.8 Å². The highest BCUT2D eigenvalue weighted by atomic mass is 35.5. The molecule has 0 fully saturated rings. The van der Waals surface area contributed by atoms with Crippen LogP contribution in [-0.2, 0) is 4.79 Å². The van der Waals surface area contributed by atoms with Gasteiger partial charge in [0.2, 0.25) is 5.91 Å². The minimum Gasteiger partial charge on any atom is -0.486 e. The Morgan fingerprint density at radius 2 is 1.80 bits per heavy atom. The van der Waals surface area contributed by atoms with Gasteiger partial charge in [0, 0.05) is 17.0 Å².